The fourth-order valence-electron chi connectivity index (χ4n) is 2.63. The Balaban J connectivity index is 1.28. The van der Waals surface area contributed by atoms with Crippen molar-refractivity contribution >= 4 is 34.9 Å². The molecule has 1 aliphatic rings. The van der Waals surface area contributed by atoms with Crippen molar-refractivity contribution in [2.45, 2.75) is 32.4 Å². The van der Waals surface area contributed by atoms with Crippen LogP contribution in [0.3, 0.4) is 0 Å². The van der Waals surface area contributed by atoms with Gasteiger partial charge in [0, 0.05) is 18.3 Å². The Morgan fingerprint density at radius 2 is 2.32 bits per heavy atom. The molecule has 0 saturated heterocycles. The number of hydrogen-bond acceptors (Lipinski definition) is 8. The summed E-state index contributed by atoms with van der Waals surface area (Å²) in [4.78, 5) is 17.1. The zero-order chi connectivity index (χ0) is 21.6. The van der Waals surface area contributed by atoms with Crippen molar-refractivity contribution in [3.63, 3.8) is 0 Å². The summed E-state index contributed by atoms with van der Waals surface area (Å²) in [5.41, 5.74) is 0. The van der Waals surface area contributed by atoms with Crippen LogP contribution in [0.25, 0.3) is 6.08 Å². The largest absolute Gasteiger partial charge is 0.493 e. The van der Waals surface area contributed by atoms with Gasteiger partial charge >= 0.3 is 0 Å². The third-order valence-electron chi connectivity index (χ3n) is 4.42. The lowest BCUT2D eigenvalue weighted by Gasteiger charge is -2.09. The number of benzene rings is 1. The molecule has 0 spiro atoms. The van der Waals surface area contributed by atoms with Gasteiger partial charge in [0.15, 0.2) is 0 Å². The van der Waals surface area contributed by atoms with Gasteiger partial charge in [-0.15, -0.1) is 5.10 Å². The number of nitrogens with one attached hydrogen (secondary N) is 1. The first-order chi connectivity index (χ1) is 15.0. The summed E-state index contributed by atoms with van der Waals surface area (Å²) in [5, 5.41) is 14.5. The highest BCUT2D eigenvalue weighted by Crippen LogP contribution is 2.35. The minimum atomic E-state index is -0.183. The molecule has 3 aromatic rings. The summed E-state index contributed by atoms with van der Waals surface area (Å²) in [6.45, 7) is 2.67. The number of amides is 1. The smallest absolute Gasteiger partial charge is 0.279 e. The van der Waals surface area contributed by atoms with Crippen LogP contribution in [0.5, 0.6) is 16.7 Å². The van der Waals surface area contributed by atoms with Gasteiger partial charge in [0.25, 0.3) is 5.19 Å². The third kappa shape index (κ3) is 6.50. The van der Waals surface area contributed by atoms with Crippen molar-refractivity contribution < 1.29 is 14.3 Å². The number of hydrogen-bond donors (Lipinski definition) is 1. The highest BCUT2D eigenvalue weighted by molar-refractivity contribution is 7.14. The zero-order valence-corrected chi connectivity index (χ0v) is 18.3. The van der Waals surface area contributed by atoms with E-state index in [9.17, 15) is 4.79 Å². The van der Waals surface area contributed by atoms with E-state index in [0.717, 1.165) is 17.2 Å². The predicted octanol–water partition coefficient (Wildman–Crippen LogP) is 3.58. The number of thiazole rings is 1. The van der Waals surface area contributed by atoms with E-state index in [-0.39, 0.29) is 18.5 Å². The van der Waals surface area contributed by atoms with Gasteiger partial charge in [0.05, 0.1) is 16.5 Å². The Morgan fingerprint density at radius 3 is 3.06 bits per heavy atom. The standard InChI is InChI=1S/C20H21ClN6O3S/c1-13(24-19(28)10-27-12-23-25-26-27)2-6-16-9-22-20(31-16)30-18-7-5-15(8-17(18)21)29-11-14-3-4-14/h2,5-9,12-14H,3-4,10-11H2,1H3,(H,24,28)/b6-2+/t13-/m0/s1. The molecular weight excluding hydrogens is 440 g/mol. The summed E-state index contributed by atoms with van der Waals surface area (Å²) in [6.07, 6.45) is 9.31. The highest BCUT2D eigenvalue weighted by atomic mass is 35.5. The molecule has 31 heavy (non-hydrogen) atoms. The molecule has 1 N–H and O–H groups in total. The number of halogens is 1. The Kier molecular flexibility index (Phi) is 6.78. The highest BCUT2D eigenvalue weighted by Gasteiger charge is 2.22. The quantitative estimate of drug-likeness (QED) is 0.493. The number of rotatable bonds is 10. The SMILES string of the molecule is C[C@@H](/C=C/c1cnc(Oc2ccc(OCC3CC3)cc2Cl)s1)NC(=O)Cn1cnnn1. The first kappa shape index (κ1) is 21.3. The van der Waals surface area contributed by atoms with Crippen LogP contribution in [-0.4, -0.2) is 43.7 Å². The van der Waals surface area contributed by atoms with E-state index < -0.39 is 0 Å². The molecule has 0 bridgehead atoms. The van der Waals surface area contributed by atoms with E-state index in [4.69, 9.17) is 21.1 Å². The molecule has 2 aromatic heterocycles. The lowest BCUT2D eigenvalue weighted by atomic mass is 10.3. The number of aromatic nitrogens is 5. The van der Waals surface area contributed by atoms with Gasteiger partial charge in [-0.25, -0.2) is 9.67 Å². The van der Waals surface area contributed by atoms with Crippen molar-refractivity contribution in [1.29, 1.82) is 0 Å². The topological polar surface area (TPSA) is 104 Å². The normalized spacial score (nSPS) is 14.5. The van der Waals surface area contributed by atoms with E-state index in [0.29, 0.717) is 21.9 Å². The second-order valence-electron chi connectivity index (χ2n) is 7.20. The number of carbonyl (C=O) groups is 1. The molecule has 1 saturated carbocycles. The Labute approximate surface area is 188 Å². The molecule has 1 aromatic carbocycles. The Morgan fingerprint density at radius 1 is 1.45 bits per heavy atom. The number of tetrazole rings is 1. The van der Waals surface area contributed by atoms with E-state index in [1.165, 1.54) is 35.2 Å². The molecule has 0 unspecified atom stereocenters. The van der Waals surface area contributed by atoms with Crippen LogP contribution < -0.4 is 14.8 Å². The zero-order valence-electron chi connectivity index (χ0n) is 16.8. The van der Waals surface area contributed by atoms with Crippen molar-refractivity contribution in [3.8, 4) is 16.7 Å². The van der Waals surface area contributed by atoms with Gasteiger partial charge in [-0.3, -0.25) is 4.79 Å². The van der Waals surface area contributed by atoms with Crippen molar-refractivity contribution in [3.05, 3.63) is 46.7 Å². The molecule has 0 radical (unpaired) electrons. The maximum atomic E-state index is 12.0. The van der Waals surface area contributed by atoms with Crippen LogP contribution >= 0.6 is 22.9 Å². The van der Waals surface area contributed by atoms with Crippen LogP contribution in [0.1, 0.15) is 24.6 Å². The average Bonchev–Trinajstić information content (AvgIpc) is 3.22. The van der Waals surface area contributed by atoms with Crippen LogP contribution in [0.15, 0.2) is 36.8 Å². The Hall–Kier alpha value is -2.98. The summed E-state index contributed by atoms with van der Waals surface area (Å²) in [5.74, 6) is 1.76. The molecular formula is C20H21ClN6O3S. The number of nitrogens with zero attached hydrogens (tertiary/aromatic N) is 5. The average molecular weight is 461 g/mol. The maximum Gasteiger partial charge on any atom is 0.279 e. The van der Waals surface area contributed by atoms with Crippen molar-refractivity contribution in [2.24, 2.45) is 5.92 Å². The van der Waals surface area contributed by atoms with Gasteiger partial charge in [-0.2, -0.15) is 0 Å². The van der Waals surface area contributed by atoms with Gasteiger partial charge in [-0.1, -0.05) is 29.0 Å². The number of carbonyl (C=O) groups excluding carboxylic acids is 1. The van der Waals surface area contributed by atoms with Gasteiger partial charge in [0.1, 0.15) is 24.4 Å². The monoisotopic (exact) mass is 460 g/mol. The summed E-state index contributed by atoms with van der Waals surface area (Å²) in [7, 11) is 0. The molecule has 1 amide bonds. The molecule has 162 valence electrons. The van der Waals surface area contributed by atoms with E-state index in [1.807, 2.05) is 25.1 Å². The molecule has 9 nitrogen and oxygen atoms in total. The van der Waals surface area contributed by atoms with Crippen LogP contribution in [0.4, 0.5) is 0 Å². The lowest BCUT2D eigenvalue weighted by Crippen LogP contribution is -2.34. The van der Waals surface area contributed by atoms with E-state index >= 15 is 0 Å². The fourth-order valence-corrected chi connectivity index (χ4v) is 3.53. The summed E-state index contributed by atoms with van der Waals surface area (Å²) in [6, 6.07) is 5.21. The molecule has 2 heterocycles. The van der Waals surface area contributed by atoms with E-state index in [1.54, 1.807) is 18.3 Å². The molecule has 0 aliphatic heterocycles. The van der Waals surface area contributed by atoms with Gasteiger partial charge < -0.3 is 14.8 Å². The van der Waals surface area contributed by atoms with Crippen LogP contribution in [-0.2, 0) is 11.3 Å². The van der Waals surface area contributed by atoms with Crippen LogP contribution in [0, 0.1) is 5.92 Å². The van der Waals surface area contributed by atoms with Crippen molar-refractivity contribution in [2.75, 3.05) is 6.61 Å². The number of ether oxygens (including phenoxy) is 2. The molecule has 1 fully saturated rings. The first-order valence-electron chi connectivity index (χ1n) is 9.79. The maximum absolute atomic E-state index is 12.0. The Bertz CT molecular complexity index is 1050. The summed E-state index contributed by atoms with van der Waals surface area (Å²) >= 11 is 7.70. The van der Waals surface area contributed by atoms with Crippen molar-refractivity contribution in [1.82, 2.24) is 30.5 Å². The fraction of sp³-hybridized carbons (Fsp3) is 0.350. The third-order valence-corrected chi connectivity index (χ3v) is 5.56. The molecule has 11 heteroatoms. The molecule has 4 rings (SSSR count). The molecule has 1 atom stereocenters. The second-order valence-corrected chi connectivity index (χ2v) is 8.63. The second kappa shape index (κ2) is 9.88. The first-order valence-corrected chi connectivity index (χ1v) is 11.0. The minimum absolute atomic E-state index is 0.0644. The lowest BCUT2D eigenvalue weighted by molar-refractivity contribution is -0.122. The molecule has 1 aliphatic carbocycles. The minimum Gasteiger partial charge on any atom is -0.493 e. The predicted molar refractivity (Wildman–Crippen MR) is 116 cm³/mol. The van der Waals surface area contributed by atoms with Gasteiger partial charge in [0.2, 0.25) is 5.91 Å². The van der Waals surface area contributed by atoms with E-state index in [2.05, 4.69) is 25.8 Å². The summed E-state index contributed by atoms with van der Waals surface area (Å²) < 4.78 is 12.9. The van der Waals surface area contributed by atoms with Gasteiger partial charge in [-0.05, 0) is 54.3 Å². The van der Waals surface area contributed by atoms with Crippen LogP contribution in [0.2, 0.25) is 5.02 Å².